The number of nitrogens with two attached hydrogens (primary N) is 1. The number of amidine groups is 1. The van der Waals surface area contributed by atoms with E-state index in [0.29, 0.717) is 44.6 Å². The zero-order valence-electron chi connectivity index (χ0n) is 18.4. The first-order valence-corrected chi connectivity index (χ1v) is 12.1. The lowest BCUT2D eigenvalue weighted by molar-refractivity contribution is -0.0220. The molecule has 3 aromatic rings. The van der Waals surface area contributed by atoms with Crippen LogP contribution in [0.3, 0.4) is 0 Å². The second-order valence-electron chi connectivity index (χ2n) is 8.90. The van der Waals surface area contributed by atoms with Gasteiger partial charge >= 0.3 is 0 Å². The van der Waals surface area contributed by atoms with Crippen LogP contribution in [-0.4, -0.2) is 34.9 Å². The van der Waals surface area contributed by atoms with E-state index in [-0.39, 0.29) is 31.7 Å². The molecule has 2 N–H and O–H groups in total. The number of hydrogen-bond acceptors (Lipinski definition) is 6. The predicted octanol–water partition coefficient (Wildman–Crippen LogP) is 5.67. The van der Waals surface area contributed by atoms with Gasteiger partial charge in [-0.05, 0) is 35.9 Å². The Morgan fingerprint density at radius 1 is 1.03 bits per heavy atom. The Morgan fingerprint density at radius 3 is 2.54 bits per heavy atom. The maximum Gasteiger partial charge on any atom is 0.251 e. The molecule has 6 rings (SSSR count). The van der Waals surface area contributed by atoms with E-state index < -0.39 is 23.2 Å². The van der Waals surface area contributed by atoms with Crippen molar-refractivity contribution < 1.29 is 22.3 Å². The number of thioether (sulfide) groups is 1. The van der Waals surface area contributed by atoms with Crippen LogP contribution in [0, 0.1) is 11.8 Å². The number of aromatic nitrogens is 1. The van der Waals surface area contributed by atoms with Gasteiger partial charge in [0.15, 0.2) is 16.7 Å². The Kier molecular flexibility index (Phi) is 5.00. The fourth-order valence-electron chi connectivity index (χ4n) is 4.94. The molecule has 2 aromatic carbocycles. The molecule has 1 atom stereocenters. The number of anilines is 1. The molecule has 35 heavy (non-hydrogen) atoms. The third-order valence-corrected chi connectivity index (χ3v) is 7.72. The molecule has 0 aliphatic carbocycles. The second kappa shape index (κ2) is 7.87. The first-order chi connectivity index (χ1) is 16.8. The summed E-state index contributed by atoms with van der Waals surface area (Å²) in [7, 11) is 0. The highest BCUT2D eigenvalue weighted by molar-refractivity contribution is 8.14. The Hall–Kier alpha value is -3.27. The summed E-state index contributed by atoms with van der Waals surface area (Å²) in [5, 5.41) is 0.338. The molecular formula is C25H20F4N4OS. The van der Waals surface area contributed by atoms with E-state index in [1.807, 2.05) is 0 Å². The average molecular weight is 501 g/mol. The smallest absolute Gasteiger partial charge is 0.251 e. The van der Waals surface area contributed by atoms with Crippen LogP contribution >= 0.6 is 11.8 Å². The molecule has 3 aliphatic rings. The number of pyridine rings is 1. The number of rotatable bonds is 2. The quantitative estimate of drug-likeness (QED) is 0.363. The lowest BCUT2D eigenvalue weighted by Gasteiger charge is -2.37. The molecule has 0 saturated carbocycles. The van der Waals surface area contributed by atoms with Crippen molar-refractivity contribution in [2.45, 2.75) is 24.3 Å². The van der Waals surface area contributed by atoms with Crippen LogP contribution in [0.25, 0.3) is 11.1 Å². The number of aliphatic imine (C=N–C) groups is 1. The minimum Gasteiger partial charge on any atom is -0.453 e. The van der Waals surface area contributed by atoms with Gasteiger partial charge in [-0.3, -0.25) is 0 Å². The highest BCUT2D eigenvalue weighted by atomic mass is 32.2. The van der Waals surface area contributed by atoms with E-state index >= 15 is 4.39 Å². The molecule has 10 heteroatoms. The largest absolute Gasteiger partial charge is 0.453 e. The normalized spacial score (nSPS) is 22.4. The van der Waals surface area contributed by atoms with E-state index in [1.54, 1.807) is 41.3 Å². The van der Waals surface area contributed by atoms with Gasteiger partial charge in [0.05, 0.1) is 0 Å². The molecule has 1 spiro atoms. The van der Waals surface area contributed by atoms with Gasteiger partial charge in [-0.25, -0.2) is 23.1 Å². The fourth-order valence-corrected chi connectivity index (χ4v) is 5.89. The minimum absolute atomic E-state index is 0.0305. The summed E-state index contributed by atoms with van der Waals surface area (Å²) in [5.74, 6) is -3.12. The molecule has 1 fully saturated rings. The molecule has 180 valence electrons. The van der Waals surface area contributed by atoms with Crippen molar-refractivity contribution in [2.75, 3.05) is 23.7 Å². The zero-order valence-corrected chi connectivity index (χ0v) is 19.2. The van der Waals surface area contributed by atoms with Crippen LogP contribution in [0.4, 0.5) is 23.2 Å². The fraction of sp³-hybridized carbons (Fsp3) is 0.280. The first-order valence-electron chi connectivity index (χ1n) is 11.1. The van der Waals surface area contributed by atoms with Gasteiger partial charge in [0.1, 0.15) is 11.3 Å². The SMILES string of the molecule is NC1=N[C@@]2(CS1)c1cc(-c3cccnc3F)ccc1Oc1c(F)cc(N3CCC(F)(F)CC3)cc12. The van der Waals surface area contributed by atoms with Crippen molar-refractivity contribution in [3.05, 3.63) is 71.6 Å². The van der Waals surface area contributed by atoms with E-state index in [0.717, 1.165) is 0 Å². The Labute approximate surface area is 203 Å². The van der Waals surface area contributed by atoms with Crippen molar-refractivity contribution >= 4 is 22.6 Å². The van der Waals surface area contributed by atoms with Gasteiger partial charge in [-0.2, -0.15) is 4.39 Å². The summed E-state index contributed by atoms with van der Waals surface area (Å²) in [4.78, 5) is 10.2. The summed E-state index contributed by atoms with van der Waals surface area (Å²) in [6, 6.07) is 11.5. The van der Waals surface area contributed by atoms with Crippen LogP contribution in [-0.2, 0) is 5.54 Å². The van der Waals surface area contributed by atoms with Crippen LogP contribution < -0.4 is 15.4 Å². The molecule has 0 unspecified atom stereocenters. The zero-order chi connectivity index (χ0) is 24.4. The third kappa shape index (κ3) is 3.62. The highest BCUT2D eigenvalue weighted by Crippen LogP contribution is 2.55. The number of piperidine rings is 1. The molecule has 0 radical (unpaired) electrons. The highest BCUT2D eigenvalue weighted by Gasteiger charge is 2.47. The van der Waals surface area contributed by atoms with Crippen molar-refractivity contribution in [1.82, 2.24) is 4.98 Å². The molecule has 3 aliphatic heterocycles. The number of fused-ring (bicyclic) bond motifs is 4. The third-order valence-electron chi connectivity index (χ3n) is 6.77. The van der Waals surface area contributed by atoms with Gasteiger partial charge in [0.25, 0.3) is 5.92 Å². The van der Waals surface area contributed by atoms with Crippen molar-refractivity contribution in [3.8, 4) is 22.6 Å². The lowest BCUT2D eigenvalue weighted by atomic mass is 9.80. The second-order valence-corrected chi connectivity index (χ2v) is 9.90. The minimum atomic E-state index is -2.72. The molecule has 1 saturated heterocycles. The number of benzene rings is 2. The predicted molar refractivity (Wildman–Crippen MR) is 127 cm³/mol. The molecule has 0 amide bonds. The van der Waals surface area contributed by atoms with Crippen molar-refractivity contribution in [2.24, 2.45) is 10.7 Å². The van der Waals surface area contributed by atoms with Crippen molar-refractivity contribution in [3.63, 3.8) is 0 Å². The summed E-state index contributed by atoms with van der Waals surface area (Å²) in [6.45, 7) is 0.223. The van der Waals surface area contributed by atoms with Crippen LogP contribution in [0.1, 0.15) is 24.0 Å². The van der Waals surface area contributed by atoms with Gasteiger partial charge in [-0.15, -0.1) is 0 Å². The molecule has 1 aromatic heterocycles. The number of halogens is 4. The van der Waals surface area contributed by atoms with Gasteiger partial charge in [0, 0.05) is 66.3 Å². The molecule has 5 nitrogen and oxygen atoms in total. The Morgan fingerprint density at radius 2 is 1.83 bits per heavy atom. The molecule has 0 bridgehead atoms. The molecular weight excluding hydrogens is 480 g/mol. The summed E-state index contributed by atoms with van der Waals surface area (Å²) in [5.41, 5.74) is 7.49. The maximum atomic E-state index is 15.4. The van der Waals surface area contributed by atoms with Crippen molar-refractivity contribution in [1.29, 1.82) is 0 Å². The molecule has 4 heterocycles. The number of ether oxygens (including phenoxy) is 1. The lowest BCUT2D eigenvalue weighted by Crippen LogP contribution is -2.39. The number of hydrogen-bond donors (Lipinski definition) is 1. The Bertz CT molecular complexity index is 1370. The van der Waals surface area contributed by atoms with E-state index in [1.165, 1.54) is 24.0 Å². The number of alkyl halides is 2. The summed E-state index contributed by atoms with van der Waals surface area (Å²) >= 11 is 1.33. The van der Waals surface area contributed by atoms with Gasteiger partial charge in [-0.1, -0.05) is 17.8 Å². The van der Waals surface area contributed by atoms with Crippen LogP contribution in [0.15, 0.2) is 53.7 Å². The standard InChI is InChI=1S/C25H20F4N4OS/c26-19-12-15(33-8-5-24(28,29)6-9-33)11-18-21(19)34-20-4-3-14(16-2-1-7-31-22(16)27)10-17(20)25(18)13-35-23(30)32-25/h1-4,7,10-12H,5-6,8-9,13H2,(H2,30,32)/t25-/m0/s1. The van der Waals surface area contributed by atoms with Crippen LogP contribution in [0.2, 0.25) is 0 Å². The van der Waals surface area contributed by atoms with E-state index in [4.69, 9.17) is 15.5 Å². The van der Waals surface area contributed by atoms with Gasteiger partial charge in [0.2, 0.25) is 5.95 Å². The van der Waals surface area contributed by atoms with Crippen LogP contribution in [0.5, 0.6) is 11.5 Å². The number of nitrogens with zero attached hydrogens (tertiary/aromatic N) is 3. The topological polar surface area (TPSA) is 63.7 Å². The maximum absolute atomic E-state index is 15.4. The average Bonchev–Trinajstić information content (AvgIpc) is 3.22. The van der Waals surface area contributed by atoms with E-state index in [2.05, 4.69) is 4.98 Å². The first kappa shape index (κ1) is 22.2. The van der Waals surface area contributed by atoms with E-state index in [9.17, 15) is 13.2 Å². The summed E-state index contributed by atoms with van der Waals surface area (Å²) in [6.07, 6.45) is 0.784. The van der Waals surface area contributed by atoms with Gasteiger partial charge < -0.3 is 15.4 Å². The Balaban J connectivity index is 1.50. The monoisotopic (exact) mass is 500 g/mol. The summed E-state index contributed by atoms with van der Waals surface area (Å²) < 4.78 is 63.3.